The summed E-state index contributed by atoms with van der Waals surface area (Å²) < 4.78 is 0. The molecule has 0 aromatic rings. The predicted molar refractivity (Wildman–Crippen MR) is 37.5 cm³/mol. The van der Waals surface area contributed by atoms with E-state index >= 15 is 0 Å². The molecule has 0 heterocycles. The third kappa shape index (κ3) is 3.51. The van der Waals surface area contributed by atoms with Gasteiger partial charge < -0.3 is 5.73 Å². The Kier molecular flexibility index (Phi) is 4.10. The first-order valence-electron chi connectivity index (χ1n) is 2.01. The Balaban J connectivity index is 3.44. The van der Waals surface area contributed by atoms with E-state index in [1.54, 1.807) is 7.05 Å². The molecule has 0 amide bonds. The molecule has 8 heavy (non-hydrogen) atoms. The molecule has 0 aromatic heterocycles. The van der Waals surface area contributed by atoms with Gasteiger partial charge in [0.1, 0.15) is 0 Å². The van der Waals surface area contributed by atoms with Gasteiger partial charge in [-0.15, -0.1) is 0 Å². The summed E-state index contributed by atoms with van der Waals surface area (Å²) in [6.45, 7) is 0. The number of hydrogen-bond acceptors (Lipinski definition) is 2. The highest BCUT2D eigenvalue weighted by Gasteiger charge is 1.79. The van der Waals surface area contributed by atoms with E-state index in [2.05, 4.69) is 28.1 Å². The number of nitrogens with two attached hydrogens (primary N) is 1. The van der Waals surface area contributed by atoms with E-state index in [4.69, 9.17) is 5.73 Å². The molecule has 0 fully saturated rings. The molecule has 0 aromatic carbocycles. The van der Waals surface area contributed by atoms with Crippen LogP contribution in [0.25, 0.3) is 0 Å². The maximum atomic E-state index is 5.17. The van der Waals surface area contributed by atoms with Crippen molar-refractivity contribution >= 4 is 23.7 Å². The van der Waals surface area contributed by atoms with Crippen molar-refractivity contribution in [2.24, 2.45) is 10.7 Å². The maximum absolute atomic E-state index is 5.17. The number of rotatable bonds is 2. The van der Waals surface area contributed by atoms with E-state index < -0.39 is 0 Å². The summed E-state index contributed by atoms with van der Waals surface area (Å²) in [5, 5.41) is 0. The van der Waals surface area contributed by atoms with Gasteiger partial charge in [-0.05, 0) is 0 Å². The van der Waals surface area contributed by atoms with Gasteiger partial charge in [0.15, 0.2) is 0 Å². The zero-order valence-corrected chi connectivity index (χ0v) is 5.33. The number of aliphatic imine (C=N–C) groups is 1. The van der Waals surface area contributed by atoms with Crippen LogP contribution >= 0.6 is 12.2 Å². The van der Waals surface area contributed by atoms with E-state index in [-0.39, 0.29) is 5.96 Å². The maximum Gasteiger partial charge on any atom is 0.208 e. The number of nitrogens with zero attached hydrogens (tertiary/aromatic N) is 1. The van der Waals surface area contributed by atoms with Crippen LogP contribution in [-0.4, -0.2) is 18.5 Å². The molecular weight excluding hydrogens is 124 g/mol. The topological polar surface area (TPSA) is 62.4 Å². The van der Waals surface area contributed by atoms with Gasteiger partial charge in [0.05, 0.1) is 5.49 Å². The van der Waals surface area contributed by atoms with E-state index in [0.717, 1.165) is 0 Å². The predicted octanol–water partition coefficient (Wildman–Crippen LogP) is -1.02. The largest absolute Gasteiger partial charge is 0.369 e. The van der Waals surface area contributed by atoms with Gasteiger partial charge in [-0.1, -0.05) is 12.2 Å². The average molecular weight is 132 g/mol. The van der Waals surface area contributed by atoms with E-state index in [1.807, 2.05) is 0 Å². The molecule has 4 nitrogen and oxygen atoms in total. The molecule has 0 aliphatic heterocycles. The van der Waals surface area contributed by atoms with Gasteiger partial charge in [-0.25, -0.2) is 10.4 Å². The molecule has 0 rings (SSSR count). The highest BCUT2D eigenvalue weighted by Crippen LogP contribution is 1.56. The summed E-state index contributed by atoms with van der Waals surface area (Å²) in [4.78, 5) is 3.52. The van der Waals surface area contributed by atoms with Gasteiger partial charge in [-0.3, -0.25) is 5.43 Å². The Morgan fingerprint density at radius 1 is 1.88 bits per heavy atom. The molecule has 5 heteroatoms. The minimum absolute atomic E-state index is 0.266. The second kappa shape index (κ2) is 4.48. The van der Waals surface area contributed by atoms with Crippen molar-refractivity contribution in [3.8, 4) is 0 Å². The lowest BCUT2D eigenvalue weighted by Crippen LogP contribution is -2.39. The zero-order chi connectivity index (χ0) is 6.41. The van der Waals surface area contributed by atoms with Crippen molar-refractivity contribution in [2.75, 3.05) is 7.05 Å². The fourth-order valence-electron chi connectivity index (χ4n) is 0.217. The van der Waals surface area contributed by atoms with E-state index in [1.165, 1.54) is 5.49 Å². The number of hydrazine groups is 1. The van der Waals surface area contributed by atoms with Gasteiger partial charge >= 0.3 is 0 Å². The van der Waals surface area contributed by atoms with Crippen LogP contribution in [0.1, 0.15) is 0 Å². The zero-order valence-electron chi connectivity index (χ0n) is 4.51. The molecule has 0 aliphatic carbocycles. The molecule has 4 N–H and O–H groups in total. The Labute approximate surface area is 53.1 Å². The minimum atomic E-state index is 0.266. The molecule has 0 unspecified atom stereocenters. The minimum Gasteiger partial charge on any atom is -0.369 e. The third-order valence-electron chi connectivity index (χ3n) is 0.445. The van der Waals surface area contributed by atoms with E-state index in [0.29, 0.717) is 0 Å². The molecule has 0 radical (unpaired) electrons. The number of guanidine groups is 1. The Hall–Kier alpha value is -0.680. The normalized spacial score (nSPS) is 10.9. The van der Waals surface area contributed by atoms with Gasteiger partial charge in [0.25, 0.3) is 0 Å². The fraction of sp³-hybridized carbons (Fsp3) is 0.333. The number of nitrogens with one attached hydrogen (secondary N) is 2. The Bertz CT molecular complexity index is 99.5. The number of hydrogen-bond donors (Lipinski definition) is 3. The lowest BCUT2D eigenvalue weighted by molar-refractivity contribution is 0.763. The molecule has 46 valence electrons. The summed E-state index contributed by atoms with van der Waals surface area (Å²) >= 11 is 4.38. The quantitative estimate of drug-likeness (QED) is 0.195. The van der Waals surface area contributed by atoms with Crippen molar-refractivity contribution in [1.29, 1.82) is 0 Å². The smallest absolute Gasteiger partial charge is 0.208 e. The van der Waals surface area contributed by atoms with Crippen molar-refractivity contribution in [1.82, 2.24) is 10.9 Å². The average Bonchev–Trinajstić information content (AvgIpc) is 1.68. The summed E-state index contributed by atoms with van der Waals surface area (Å²) in [5.74, 6) is 0.266. The second-order valence-corrected chi connectivity index (χ2v) is 1.21. The highest BCUT2D eigenvalue weighted by molar-refractivity contribution is 7.78. The lowest BCUT2D eigenvalue weighted by atomic mass is 11.0. The van der Waals surface area contributed by atoms with Crippen molar-refractivity contribution < 1.29 is 0 Å². The van der Waals surface area contributed by atoms with Crippen molar-refractivity contribution in [3.05, 3.63) is 0 Å². The van der Waals surface area contributed by atoms with Crippen LogP contribution in [0.3, 0.4) is 0 Å². The molecule has 0 saturated carbocycles. The van der Waals surface area contributed by atoms with Crippen molar-refractivity contribution in [2.45, 2.75) is 0 Å². The van der Waals surface area contributed by atoms with Gasteiger partial charge in [-0.2, -0.15) is 0 Å². The molecular formula is C3H8N4S. The highest BCUT2D eigenvalue weighted by atomic mass is 32.1. The second-order valence-electron chi connectivity index (χ2n) is 0.995. The lowest BCUT2D eigenvalue weighted by Gasteiger charge is -1.97. The van der Waals surface area contributed by atoms with Crippen LogP contribution in [0.5, 0.6) is 0 Å². The SMILES string of the molecule is CNN/C(N)=N\C=S. The molecule has 0 bridgehead atoms. The molecule has 0 spiro atoms. The van der Waals surface area contributed by atoms with Crippen molar-refractivity contribution in [3.63, 3.8) is 0 Å². The Morgan fingerprint density at radius 3 is 2.88 bits per heavy atom. The summed E-state index contributed by atoms with van der Waals surface area (Å²) in [6, 6.07) is 0. The van der Waals surface area contributed by atoms with Crippen LogP contribution in [0.2, 0.25) is 0 Å². The van der Waals surface area contributed by atoms with E-state index in [9.17, 15) is 0 Å². The fourth-order valence-corrected chi connectivity index (χ4v) is 0.331. The molecule has 0 aliphatic rings. The summed E-state index contributed by atoms with van der Waals surface area (Å²) in [7, 11) is 1.69. The van der Waals surface area contributed by atoms with Crippen LogP contribution in [0.4, 0.5) is 0 Å². The summed E-state index contributed by atoms with van der Waals surface area (Å²) in [5.41, 5.74) is 11.5. The van der Waals surface area contributed by atoms with Crippen LogP contribution in [-0.2, 0) is 0 Å². The monoisotopic (exact) mass is 132 g/mol. The van der Waals surface area contributed by atoms with Crippen LogP contribution in [0, 0.1) is 0 Å². The van der Waals surface area contributed by atoms with Crippen LogP contribution < -0.4 is 16.6 Å². The van der Waals surface area contributed by atoms with Gasteiger partial charge in [0.2, 0.25) is 5.96 Å². The molecule has 0 saturated heterocycles. The van der Waals surface area contributed by atoms with Gasteiger partial charge in [0, 0.05) is 7.05 Å². The standard InChI is InChI=1S/C3H8N4S/c1-5-7-3(4)6-2-8/h2,5H,1H3,(H3,4,6,7,8). The first-order valence-corrected chi connectivity index (χ1v) is 2.48. The Morgan fingerprint density at radius 2 is 2.50 bits per heavy atom. The summed E-state index contributed by atoms with van der Waals surface area (Å²) in [6.07, 6.45) is 0. The third-order valence-corrected chi connectivity index (χ3v) is 0.550. The first kappa shape index (κ1) is 7.32. The van der Waals surface area contributed by atoms with Crippen LogP contribution in [0.15, 0.2) is 4.99 Å². The first-order chi connectivity index (χ1) is 3.81. The molecule has 0 atom stereocenters. The number of thiocarbonyl (C=S) groups is 1.